The van der Waals surface area contributed by atoms with Gasteiger partial charge in [0.25, 0.3) is 5.69 Å². The SMILES string of the molecule is CC(C)(C)c1[nH]o[n+](=O)c1C(C)(C)C. The van der Waals surface area contributed by atoms with Gasteiger partial charge in [0.1, 0.15) is 0 Å². The van der Waals surface area contributed by atoms with Gasteiger partial charge in [0.2, 0.25) is 0 Å². The van der Waals surface area contributed by atoms with E-state index in [0.717, 1.165) is 5.69 Å². The minimum atomic E-state index is -0.214. The molecule has 0 aromatic carbocycles. The van der Waals surface area contributed by atoms with Gasteiger partial charge in [-0.2, -0.15) is 0 Å². The molecule has 0 fully saturated rings. The van der Waals surface area contributed by atoms with Crippen molar-refractivity contribution in [1.29, 1.82) is 0 Å². The average Bonchev–Trinajstić information content (AvgIpc) is 2.27. The quantitative estimate of drug-likeness (QED) is 0.695. The van der Waals surface area contributed by atoms with Crippen LogP contribution in [0, 0.1) is 4.91 Å². The van der Waals surface area contributed by atoms with E-state index in [4.69, 9.17) is 4.63 Å². The van der Waals surface area contributed by atoms with Gasteiger partial charge in [0.15, 0.2) is 10.3 Å². The van der Waals surface area contributed by atoms with E-state index >= 15 is 0 Å². The lowest BCUT2D eigenvalue weighted by Gasteiger charge is -2.17. The van der Waals surface area contributed by atoms with Gasteiger partial charge in [0, 0.05) is 10.8 Å². The van der Waals surface area contributed by atoms with Crippen LogP contribution < -0.4 is 4.60 Å². The molecule has 80 valence electrons. The van der Waals surface area contributed by atoms with Crippen LogP contribution in [-0.2, 0) is 10.8 Å². The lowest BCUT2D eigenvalue weighted by atomic mass is 9.82. The van der Waals surface area contributed by atoms with Gasteiger partial charge in [-0.05, 0) is 4.91 Å². The summed E-state index contributed by atoms with van der Waals surface area (Å²) in [7, 11) is 0. The Morgan fingerprint density at radius 3 is 1.86 bits per heavy atom. The van der Waals surface area contributed by atoms with Gasteiger partial charge in [-0.15, -0.1) is 0 Å². The summed E-state index contributed by atoms with van der Waals surface area (Å²) < 4.78 is 5.35. The van der Waals surface area contributed by atoms with E-state index in [1.807, 2.05) is 41.5 Å². The number of aromatic amines is 1. The summed E-state index contributed by atoms with van der Waals surface area (Å²) in [6, 6.07) is 0. The molecule has 1 aromatic rings. The summed E-state index contributed by atoms with van der Waals surface area (Å²) in [5.74, 6) is 0. The van der Waals surface area contributed by atoms with Crippen LogP contribution in [0.2, 0.25) is 0 Å². The zero-order valence-corrected chi connectivity index (χ0v) is 9.76. The predicted octanol–water partition coefficient (Wildman–Crippen LogP) is 2.12. The largest absolute Gasteiger partial charge is 0.250 e. The highest BCUT2D eigenvalue weighted by Gasteiger charge is 2.37. The third kappa shape index (κ3) is 1.89. The van der Waals surface area contributed by atoms with Gasteiger partial charge in [-0.1, -0.05) is 51.3 Å². The zero-order chi connectivity index (χ0) is 11.1. The first-order valence-electron chi connectivity index (χ1n) is 4.79. The number of nitrogens with one attached hydrogen (secondary N) is 1. The van der Waals surface area contributed by atoms with Gasteiger partial charge in [-0.3, -0.25) is 0 Å². The van der Waals surface area contributed by atoms with Gasteiger partial charge >= 0.3 is 0 Å². The van der Waals surface area contributed by atoms with Crippen molar-refractivity contribution >= 4 is 0 Å². The molecule has 0 unspecified atom stereocenters. The number of H-pyrrole nitrogens is 1. The number of hydrogen-bond acceptors (Lipinski definition) is 2. The fraction of sp³-hybridized carbons (Fsp3) is 0.800. The third-order valence-electron chi connectivity index (χ3n) is 2.11. The summed E-state index contributed by atoms with van der Waals surface area (Å²) in [4.78, 5) is 11.5. The maximum atomic E-state index is 11.5. The standard InChI is InChI=1S/C10H19N2O2/c1-9(2,3)7-8(10(4,5)6)12(13)14-11-7/h11H,1-6H3/q+1. The second kappa shape index (κ2) is 2.97. The molecule has 0 spiro atoms. The van der Waals surface area contributed by atoms with Crippen LogP contribution in [0.4, 0.5) is 0 Å². The lowest BCUT2D eigenvalue weighted by Crippen LogP contribution is -2.31. The molecule has 1 N–H and O–H groups in total. The van der Waals surface area contributed by atoms with Crippen molar-refractivity contribution in [2.75, 3.05) is 0 Å². The molecule has 0 amide bonds. The monoisotopic (exact) mass is 199 g/mol. The number of rotatable bonds is 0. The predicted molar refractivity (Wildman–Crippen MR) is 53.8 cm³/mol. The maximum absolute atomic E-state index is 11.5. The van der Waals surface area contributed by atoms with Crippen molar-refractivity contribution < 1.29 is 9.23 Å². The van der Waals surface area contributed by atoms with Gasteiger partial charge in [0.05, 0.1) is 0 Å². The normalized spacial score (nSPS) is 13.3. The first kappa shape index (κ1) is 11.0. The molecule has 0 bridgehead atoms. The molecule has 0 saturated carbocycles. The van der Waals surface area contributed by atoms with Crippen LogP contribution in [0.15, 0.2) is 4.63 Å². The van der Waals surface area contributed by atoms with E-state index in [1.54, 1.807) is 0 Å². The molecule has 1 heterocycles. The fourth-order valence-corrected chi connectivity index (χ4v) is 1.43. The Morgan fingerprint density at radius 1 is 1.07 bits per heavy atom. The lowest BCUT2D eigenvalue weighted by molar-refractivity contribution is -0.721. The Bertz CT molecular complexity index is 374. The van der Waals surface area contributed by atoms with Crippen molar-refractivity contribution in [3.63, 3.8) is 0 Å². The molecular weight excluding hydrogens is 180 g/mol. The van der Waals surface area contributed by atoms with Crippen LogP contribution >= 0.6 is 0 Å². The van der Waals surface area contributed by atoms with Crippen LogP contribution in [-0.4, -0.2) is 5.16 Å². The highest BCUT2D eigenvalue weighted by Crippen LogP contribution is 2.29. The van der Waals surface area contributed by atoms with Crippen molar-refractivity contribution in [1.82, 2.24) is 5.16 Å². The van der Waals surface area contributed by atoms with Crippen LogP contribution in [0.25, 0.3) is 0 Å². The Balaban J connectivity index is 3.43. The Labute approximate surface area is 83.8 Å². The number of hydrogen-bond donors (Lipinski definition) is 1. The van der Waals surface area contributed by atoms with Crippen LogP contribution in [0.3, 0.4) is 0 Å². The fourth-order valence-electron chi connectivity index (χ4n) is 1.43. The number of nitrogens with zero attached hydrogens (tertiary/aromatic N) is 1. The molecule has 0 aliphatic heterocycles. The first-order valence-corrected chi connectivity index (χ1v) is 4.79. The smallest absolute Gasteiger partial charge is 0.0882 e. The molecule has 4 heteroatoms. The Hall–Kier alpha value is -1.06. The second-order valence-electron chi connectivity index (χ2n) is 5.67. The van der Waals surface area contributed by atoms with E-state index in [-0.39, 0.29) is 10.8 Å². The summed E-state index contributed by atoms with van der Waals surface area (Å²) in [6.07, 6.45) is 0. The second-order valence-corrected chi connectivity index (χ2v) is 5.67. The molecular formula is C10H19N2O2+. The molecule has 1 rings (SSSR count). The molecule has 1 aromatic heterocycles. The zero-order valence-electron chi connectivity index (χ0n) is 9.76. The summed E-state index contributed by atoms with van der Waals surface area (Å²) in [6.45, 7) is 12.1. The highest BCUT2D eigenvalue weighted by atomic mass is 16.7. The van der Waals surface area contributed by atoms with Crippen molar-refractivity contribution in [2.45, 2.75) is 52.4 Å². The highest BCUT2D eigenvalue weighted by molar-refractivity contribution is 5.20. The topological polar surface area (TPSA) is 51.9 Å². The summed E-state index contributed by atoms with van der Waals surface area (Å²) in [5, 5.41) is 2.70. The van der Waals surface area contributed by atoms with Crippen molar-refractivity contribution in [3.05, 3.63) is 16.3 Å². The van der Waals surface area contributed by atoms with E-state index in [1.165, 1.54) is 0 Å². The first-order chi connectivity index (χ1) is 6.14. The molecule has 0 radical (unpaired) electrons. The molecule has 14 heavy (non-hydrogen) atoms. The van der Waals surface area contributed by atoms with E-state index < -0.39 is 0 Å². The van der Waals surface area contributed by atoms with Crippen LogP contribution in [0.1, 0.15) is 52.9 Å². The molecule has 4 nitrogen and oxygen atoms in total. The third-order valence-corrected chi connectivity index (χ3v) is 2.11. The molecule has 0 aliphatic rings. The summed E-state index contributed by atoms with van der Waals surface area (Å²) >= 11 is 0. The van der Waals surface area contributed by atoms with E-state index in [9.17, 15) is 4.91 Å². The van der Waals surface area contributed by atoms with Gasteiger partial charge < -0.3 is 0 Å². The van der Waals surface area contributed by atoms with E-state index in [2.05, 4.69) is 5.16 Å². The molecule has 0 aliphatic carbocycles. The van der Waals surface area contributed by atoms with Crippen molar-refractivity contribution in [3.8, 4) is 0 Å². The molecule has 0 atom stereocenters. The Kier molecular flexibility index (Phi) is 2.34. The number of aromatic nitrogens is 2. The minimum Gasteiger partial charge on any atom is -0.0882 e. The Morgan fingerprint density at radius 2 is 1.57 bits per heavy atom. The van der Waals surface area contributed by atoms with Gasteiger partial charge in [-0.25, -0.2) is 0 Å². The average molecular weight is 199 g/mol. The van der Waals surface area contributed by atoms with E-state index in [0.29, 0.717) is 10.3 Å². The van der Waals surface area contributed by atoms with Crippen molar-refractivity contribution in [2.24, 2.45) is 0 Å². The molecule has 0 saturated heterocycles. The summed E-state index contributed by atoms with van der Waals surface area (Å²) in [5.41, 5.74) is 1.21. The van der Waals surface area contributed by atoms with Crippen LogP contribution in [0.5, 0.6) is 0 Å². The maximum Gasteiger partial charge on any atom is 0.250 e. The minimum absolute atomic E-state index is 0.109.